The van der Waals surface area contributed by atoms with Gasteiger partial charge < -0.3 is 10.1 Å². The number of carbonyl (C=O) groups excluding carboxylic acids is 1. The molecule has 1 aromatic carbocycles. The molecule has 1 aliphatic carbocycles. The van der Waals surface area contributed by atoms with E-state index in [-0.39, 0.29) is 5.91 Å². The van der Waals surface area contributed by atoms with Crippen LogP contribution in [0.4, 0.5) is 5.69 Å². The summed E-state index contributed by atoms with van der Waals surface area (Å²) in [5.41, 5.74) is 2.10. The van der Waals surface area contributed by atoms with E-state index in [4.69, 9.17) is 4.74 Å². The van der Waals surface area contributed by atoms with Crippen LogP contribution in [-0.2, 0) is 17.6 Å². The zero-order valence-corrected chi connectivity index (χ0v) is 18.6. The number of aromatic nitrogens is 2. The number of thiophene rings is 1. The number of aryl methyl sites for hydroxylation is 2. The number of benzene rings is 1. The van der Waals surface area contributed by atoms with Gasteiger partial charge >= 0.3 is 0 Å². The summed E-state index contributed by atoms with van der Waals surface area (Å²) in [7, 11) is 0. The number of carbonyl (C=O) groups is 1. The van der Waals surface area contributed by atoms with Crippen LogP contribution in [-0.4, -0.2) is 28.2 Å². The van der Waals surface area contributed by atoms with Crippen molar-refractivity contribution >= 4 is 44.9 Å². The topological polar surface area (TPSA) is 64.1 Å². The molecule has 3 aromatic rings. The van der Waals surface area contributed by atoms with Crippen molar-refractivity contribution in [3.8, 4) is 5.75 Å². The van der Waals surface area contributed by atoms with Crippen LogP contribution in [0, 0.1) is 12.8 Å². The lowest BCUT2D eigenvalue weighted by molar-refractivity contribution is -0.113. The van der Waals surface area contributed by atoms with Crippen LogP contribution in [0.15, 0.2) is 29.3 Å². The molecule has 0 spiro atoms. The molecule has 1 atom stereocenters. The summed E-state index contributed by atoms with van der Waals surface area (Å²) >= 11 is 3.29. The van der Waals surface area contributed by atoms with Crippen molar-refractivity contribution in [1.29, 1.82) is 0 Å². The Bertz CT molecular complexity index is 1050. The molecule has 4 rings (SSSR count). The third-order valence-electron chi connectivity index (χ3n) is 5.03. The minimum absolute atomic E-state index is 0.0655. The summed E-state index contributed by atoms with van der Waals surface area (Å²) in [6.45, 7) is 6.72. The number of amides is 1. The molecule has 2 heterocycles. The van der Waals surface area contributed by atoms with Gasteiger partial charge in [0.25, 0.3) is 0 Å². The third kappa shape index (κ3) is 4.41. The molecule has 5 nitrogen and oxygen atoms in total. The van der Waals surface area contributed by atoms with Gasteiger partial charge in [-0.25, -0.2) is 9.97 Å². The molecule has 0 bridgehead atoms. The van der Waals surface area contributed by atoms with Gasteiger partial charge in [0.2, 0.25) is 5.91 Å². The monoisotopic (exact) mass is 427 g/mol. The van der Waals surface area contributed by atoms with Crippen LogP contribution in [0.25, 0.3) is 10.2 Å². The van der Waals surface area contributed by atoms with E-state index in [0.717, 1.165) is 39.8 Å². The highest BCUT2D eigenvalue weighted by molar-refractivity contribution is 8.00. The average Bonchev–Trinajstić information content (AvgIpc) is 3.04. The number of rotatable bonds is 6. The first-order chi connectivity index (χ1) is 14.0. The summed E-state index contributed by atoms with van der Waals surface area (Å²) in [6, 6.07) is 7.51. The summed E-state index contributed by atoms with van der Waals surface area (Å²) in [5.74, 6) is 2.40. The Morgan fingerprint density at radius 3 is 3.00 bits per heavy atom. The molecule has 152 valence electrons. The van der Waals surface area contributed by atoms with Crippen LogP contribution in [0.2, 0.25) is 0 Å². The van der Waals surface area contributed by atoms with Gasteiger partial charge in [-0.15, -0.1) is 11.3 Å². The van der Waals surface area contributed by atoms with Crippen LogP contribution in [0.3, 0.4) is 0 Å². The Labute approximate surface area is 179 Å². The fraction of sp³-hybridized carbons (Fsp3) is 0.409. The maximum absolute atomic E-state index is 12.6. The average molecular weight is 428 g/mol. The minimum Gasteiger partial charge on any atom is -0.492 e. The highest BCUT2D eigenvalue weighted by Gasteiger charge is 2.24. The Morgan fingerprint density at radius 1 is 1.34 bits per heavy atom. The van der Waals surface area contributed by atoms with E-state index in [1.54, 1.807) is 11.3 Å². The molecular weight excluding hydrogens is 402 g/mol. The quantitative estimate of drug-likeness (QED) is 0.430. The third-order valence-corrected chi connectivity index (χ3v) is 7.16. The van der Waals surface area contributed by atoms with Crippen LogP contribution in [0.1, 0.15) is 36.5 Å². The molecule has 0 saturated carbocycles. The second-order valence-corrected chi connectivity index (χ2v) is 9.42. The maximum atomic E-state index is 12.6. The van der Waals surface area contributed by atoms with E-state index in [0.29, 0.717) is 23.8 Å². The van der Waals surface area contributed by atoms with Gasteiger partial charge in [0, 0.05) is 10.3 Å². The number of nitrogens with one attached hydrogen (secondary N) is 1. The lowest BCUT2D eigenvalue weighted by Crippen LogP contribution is -2.15. The summed E-state index contributed by atoms with van der Waals surface area (Å²) < 4.78 is 5.59. The Hall–Kier alpha value is -2.12. The molecule has 2 aromatic heterocycles. The van der Waals surface area contributed by atoms with Gasteiger partial charge in [0.1, 0.15) is 21.4 Å². The molecule has 1 N–H and O–H groups in total. The van der Waals surface area contributed by atoms with Crippen molar-refractivity contribution in [3.63, 3.8) is 0 Å². The highest BCUT2D eigenvalue weighted by atomic mass is 32.2. The van der Waals surface area contributed by atoms with Crippen molar-refractivity contribution in [2.75, 3.05) is 17.7 Å². The largest absolute Gasteiger partial charge is 0.492 e. The second kappa shape index (κ2) is 8.71. The zero-order valence-electron chi connectivity index (χ0n) is 16.9. The maximum Gasteiger partial charge on any atom is 0.234 e. The van der Waals surface area contributed by atoms with Gasteiger partial charge in [-0.3, -0.25) is 4.79 Å². The molecule has 0 fully saturated rings. The fourth-order valence-electron chi connectivity index (χ4n) is 3.69. The second-order valence-electron chi connectivity index (χ2n) is 7.37. The first-order valence-corrected chi connectivity index (χ1v) is 11.8. The molecule has 1 aliphatic rings. The molecular formula is C22H25N3O2S2. The predicted octanol–water partition coefficient (Wildman–Crippen LogP) is 5.25. The SMILES string of the molecule is CCOc1ccccc1NC(=O)CSc1nc(C)nc2sc3c(c12)CCC(C)C3. The zero-order chi connectivity index (χ0) is 20.4. The number of para-hydroxylation sites is 2. The van der Waals surface area contributed by atoms with Crippen LogP contribution < -0.4 is 10.1 Å². The van der Waals surface area contributed by atoms with Gasteiger partial charge in [-0.1, -0.05) is 30.8 Å². The normalized spacial score (nSPS) is 15.9. The first-order valence-electron chi connectivity index (χ1n) is 9.98. The van der Waals surface area contributed by atoms with Crippen LogP contribution in [0.5, 0.6) is 5.75 Å². The lowest BCUT2D eigenvalue weighted by atomic mass is 9.89. The molecule has 7 heteroatoms. The van der Waals surface area contributed by atoms with E-state index >= 15 is 0 Å². The van der Waals surface area contributed by atoms with E-state index in [1.165, 1.54) is 28.6 Å². The molecule has 0 saturated heterocycles. The van der Waals surface area contributed by atoms with E-state index in [9.17, 15) is 4.79 Å². The number of hydrogen-bond acceptors (Lipinski definition) is 6. The molecule has 1 amide bonds. The summed E-state index contributed by atoms with van der Waals surface area (Å²) in [4.78, 5) is 24.5. The van der Waals surface area contributed by atoms with Gasteiger partial charge in [-0.05, 0) is 56.7 Å². The fourth-order valence-corrected chi connectivity index (χ4v) is 6.08. The van der Waals surface area contributed by atoms with E-state index in [1.807, 2.05) is 38.1 Å². The van der Waals surface area contributed by atoms with Gasteiger partial charge in [0.05, 0.1) is 18.0 Å². The standard InChI is InChI=1S/C22H25N3O2S2/c1-4-27-17-8-6-5-7-16(17)25-19(26)12-28-21-20-15-10-9-13(2)11-18(15)29-22(20)24-14(3)23-21/h5-8,13H,4,9-12H2,1-3H3,(H,25,26). The molecule has 29 heavy (non-hydrogen) atoms. The minimum atomic E-state index is -0.0655. The molecule has 0 aliphatic heterocycles. The van der Waals surface area contributed by atoms with Crippen molar-refractivity contribution < 1.29 is 9.53 Å². The number of ether oxygens (including phenoxy) is 1. The number of thioether (sulfide) groups is 1. The van der Waals surface area contributed by atoms with E-state index in [2.05, 4.69) is 22.2 Å². The Kier molecular flexibility index (Phi) is 6.06. The van der Waals surface area contributed by atoms with E-state index < -0.39 is 0 Å². The van der Waals surface area contributed by atoms with Crippen molar-refractivity contribution in [3.05, 3.63) is 40.5 Å². The number of nitrogens with zero attached hydrogens (tertiary/aromatic N) is 2. The van der Waals surface area contributed by atoms with Gasteiger partial charge in [-0.2, -0.15) is 0 Å². The highest BCUT2D eigenvalue weighted by Crippen LogP contribution is 2.41. The smallest absolute Gasteiger partial charge is 0.234 e. The Balaban J connectivity index is 1.53. The van der Waals surface area contributed by atoms with Gasteiger partial charge in [0.15, 0.2) is 0 Å². The van der Waals surface area contributed by atoms with Crippen LogP contribution >= 0.6 is 23.1 Å². The number of hydrogen-bond donors (Lipinski definition) is 1. The predicted molar refractivity (Wildman–Crippen MR) is 120 cm³/mol. The van der Waals surface area contributed by atoms with Crippen molar-refractivity contribution in [2.45, 2.75) is 45.1 Å². The van der Waals surface area contributed by atoms with Crippen molar-refractivity contribution in [2.24, 2.45) is 5.92 Å². The number of fused-ring (bicyclic) bond motifs is 3. The van der Waals surface area contributed by atoms with Crippen molar-refractivity contribution in [1.82, 2.24) is 9.97 Å². The molecule has 0 radical (unpaired) electrons. The first kappa shape index (κ1) is 20.2. The molecule has 1 unspecified atom stereocenters. The summed E-state index contributed by atoms with van der Waals surface area (Å²) in [6.07, 6.45) is 3.39. The summed E-state index contributed by atoms with van der Waals surface area (Å²) in [5, 5.41) is 5.05. The number of anilines is 1. The Morgan fingerprint density at radius 2 is 2.17 bits per heavy atom. The lowest BCUT2D eigenvalue weighted by Gasteiger charge is -2.18.